The first-order valence-electron chi connectivity index (χ1n) is 18.5. The number of aromatic nitrogens is 1. The van der Waals surface area contributed by atoms with Crippen LogP contribution in [0.1, 0.15) is 40.4 Å². The van der Waals surface area contributed by atoms with Crippen molar-refractivity contribution in [3.8, 4) is 0 Å². The maximum Gasteiger partial charge on any atom is 0.171 e. The Kier molecular flexibility index (Phi) is 6.95. The fourth-order valence-corrected chi connectivity index (χ4v) is 8.17. The Labute approximate surface area is 312 Å². The van der Waals surface area contributed by atoms with Gasteiger partial charge in [-0.05, 0) is 89.3 Å². The predicted molar refractivity (Wildman–Crippen MR) is 224 cm³/mol. The number of nitrogens with one attached hydrogen (secondary N) is 2. The van der Waals surface area contributed by atoms with Crippen LogP contribution in [0.3, 0.4) is 0 Å². The molecule has 3 aliphatic rings. The summed E-state index contributed by atoms with van der Waals surface area (Å²) in [5.41, 5.74) is 12.8. The fraction of sp³-hybridized carbons (Fsp3) is 0.0625. The van der Waals surface area contributed by atoms with E-state index in [1.54, 1.807) is 0 Å². The van der Waals surface area contributed by atoms with Crippen molar-refractivity contribution in [2.45, 2.75) is 19.0 Å². The summed E-state index contributed by atoms with van der Waals surface area (Å²) in [6.45, 7) is 0. The summed E-state index contributed by atoms with van der Waals surface area (Å²) in [4.78, 5) is 18.2. The van der Waals surface area contributed by atoms with Gasteiger partial charge in [-0.2, -0.15) is 0 Å². The van der Waals surface area contributed by atoms with Gasteiger partial charge >= 0.3 is 0 Å². The topological polar surface area (TPSA) is 64.9 Å². The minimum Gasteiger partial charge on any atom is -0.352 e. The number of nitrogens with zero attached hydrogens (tertiary/aromatic N) is 4. The minimum atomic E-state index is -0.508. The Morgan fingerprint density at radius 2 is 1.28 bits per heavy atom. The van der Waals surface area contributed by atoms with Gasteiger partial charge in [0.05, 0.1) is 39.5 Å². The molecule has 0 amide bonds. The number of anilines is 5. The van der Waals surface area contributed by atoms with Crippen LogP contribution >= 0.6 is 0 Å². The summed E-state index contributed by atoms with van der Waals surface area (Å²) >= 11 is 0. The van der Waals surface area contributed by atoms with E-state index in [0.29, 0.717) is 0 Å². The van der Waals surface area contributed by atoms with Crippen LogP contribution in [0.5, 0.6) is 0 Å². The Bertz CT molecular complexity index is 2920. The maximum atomic E-state index is 5.39. The number of rotatable bonds is 4. The van der Waals surface area contributed by atoms with Gasteiger partial charge in [0.2, 0.25) is 0 Å². The monoisotopic (exact) mass is 694 g/mol. The van der Waals surface area contributed by atoms with Crippen molar-refractivity contribution < 1.29 is 0 Å². The van der Waals surface area contributed by atoms with Crippen molar-refractivity contribution in [2.24, 2.45) is 9.98 Å². The van der Waals surface area contributed by atoms with Gasteiger partial charge in [0.25, 0.3) is 0 Å². The smallest absolute Gasteiger partial charge is 0.171 e. The molecule has 6 nitrogen and oxygen atoms in total. The lowest BCUT2D eigenvalue weighted by atomic mass is 9.95. The summed E-state index contributed by atoms with van der Waals surface area (Å²) < 4.78 is 0. The molecule has 0 saturated carbocycles. The van der Waals surface area contributed by atoms with Gasteiger partial charge in [0, 0.05) is 27.5 Å². The van der Waals surface area contributed by atoms with Crippen molar-refractivity contribution >= 4 is 78.8 Å². The number of para-hydroxylation sites is 4. The summed E-state index contributed by atoms with van der Waals surface area (Å²) in [7, 11) is 0. The van der Waals surface area contributed by atoms with E-state index in [1.165, 1.54) is 21.9 Å². The quantitative estimate of drug-likeness (QED) is 0.180. The Morgan fingerprint density at radius 1 is 0.556 bits per heavy atom. The molecule has 8 aromatic rings. The average molecular weight is 695 g/mol. The largest absolute Gasteiger partial charge is 0.352 e. The zero-order chi connectivity index (χ0) is 35.6. The van der Waals surface area contributed by atoms with Crippen LogP contribution in [0.25, 0.3) is 38.7 Å². The molecule has 2 aliphatic heterocycles. The lowest BCUT2D eigenvalue weighted by Gasteiger charge is -2.36. The van der Waals surface area contributed by atoms with E-state index < -0.39 is 6.17 Å². The third-order valence-electron chi connectivity index (χ3n) is 10.8. The number of amidine groups is 2. The van der Waals surface area contributed by atoms with E-state index in [4.69, 9.17) is 15.0 Å². The first-order valence-corrected chi connectivity index (χ1v) is 18.5. The number of aryl methyl sites for hydroxylation is 1. The van der Waals surface area contributed by atoms with Crippen molar-refractivity contribution in [3.05, 3.63) is 186 Å². The summed E-state index contributed by atoms with van der Waals surface area (Å²) in [6, 6.07) is 53.6. The van der Waals surface area contributed by atoms with Crippen LogP contribution in [-0.4, -0.2) is 16.7 Å². The van der Waals surface area contributed by atoms with E-state index in [2.05, 4.69) is 173 Å². The first-order chi connectivity index (χ1) is 26.7. The van der Waals surface area contributed by atoms with Gasteiger partial charge < -0.3 is 15.5 Å². The fourth-order valence-electron chi connectivity index (χ4n) is 8.17. The normalized spacial score (nSPS) is 15.9. The highest BCUT2D eigenvalue weighted by molar-refractivity contribution is 6.17. The second-order valence-corrected chi connectivity index (χ2v) is 14.1. The second kappa shape index (κ2) is 12.3. The highest BCUT2D eigenvalue weighted by Crippen LogP contribution is 2.52. The molecular formula is C48H34N6. The van der Waals surface area contributed by atoms with E-state index >= 15 is 0 Å². The van der Waals surface area contributed by atoms with E-state index in [9.17, 15) is 0 Å². The predicted octanol–water partition coefficient (Wildman–Crippen LogP) is 11.5. The Hall–Kier alpha value is -7.05. The molecule has 0 spiro atoms. The number of benzene rings is 7. The SMILES string of the molecule is C1=Cc2ccc(C3=NC(c4cccc5c4Nc4ccccc4N5c4cccc5nc6ccccc6cc45)N=C(c4ccc5ccccc5c4)N3)cc2CC1. The van der Waals surface area contributed by atoms with Gasteiger partial charge in [-0.15, -0.1) is 0 Å². The Balaban J connectivity index is 1.10. The van der Waals surface area contributed by atoms with Crippen molar-refractivity contribution in [2.75, 3.05) is 10.2 Å². The summed E-state index contributed by atoms with van der Waals surface area (Å²) in [6.07, 6.45) is 6.04. The molecule has 0 radical (unpaired) electrons. The van der Waals surface area contributed by atoms with Gasteiger partial charge in [-0.25, -0.2) is 15.0 Å². The van der Waals surface area contributed by atoms with Crippen molar-refractivity contribution in [1.29, 1.82) is 0 Å². The number of allylic oxidation sites excluding steroid dienone is 1. The molecule has 3 heterocycles. The number of fused-ring (bicyclic) bond motifs is 6. The highest BCUT2D eigenvalue weighted by atomic mass is 15.2. The molecule has 0 bridgehead atoms. The highest BCUT2D eigenvalue weighted by Gasteiger charge is 2.31. The van der Waals surface area contributed by atoms with E-state index in [1.807, 2.05) is 6.07 Å². The maximum absolute atomic E-state index is 5.39. The molecule has 1 aliphatic carbocycles. The van der Waals surface area contributed by atoms with Crippen LogP contribution < -0.4 is 15.5 Å². The number of hydrogen-bond acceptors (Lipinski definition) is 6. The third kappa shape index (κ3) is 5.06. The number of aliphatic imine (C=N–C) groups is 2. The molecule has 1 aromatic heterocycles. The molecule has 0 saturated heterocycles. The molecule has 7 aromatic carbocycles. The standard InChI is InChI=1S/C48H34N6/c1-3-13-32-27-35(25-23-30(32)11-1)46-51-47(36-26-24-31-12-2-4-14-33(31)28-36)53-48(52-46)37-16-9-22-44-45(37)50-41-18-7-8-20-43(41)54(44)42-21-10-19-40-38(42)29-34-15-5-6-17-39(34)49-40/h1-3,5-13,15-29,48,50H,4,14H2,(H,51,52,53). The van der Waals surface area contributed by atoms with Gasteiger partial charge in [0.1, 0.15) is 11.7 Å². The second-order valence-electron chi connectivity index (χ2n) is 14.1. The van der Waals surface area contributed by atoms with Gasteiger partial charge in [-0.3, -0.25) is 0 Å². The van der Waals surface area contributed by atoms with E-state index in [-0.39, 0.29) is 0 Å². The van der Waals surface area contributed by atoms with Crippen LogP contribution in [-0.2, 0) is 6.42 Å². The lowest BCUT2D eigenvalue weighted by molar-refractivity contribution is 0.757. The average Bonchev–Trinajstić information content (AvgIpc) is 3.24. The molecule has 54 heavy (non-hydrogen) atoms. The molecule has 0 fully saturated rings. The van der Waals surface area contributed by atoms with Gasteiger partial charge in [-0.1, -0.05) is 109 Å². The van der Waals surface area contributed by atoms with Gasteiger partial charge in [0.15, 0.2) is 6.17 Å². The zero-order valence-corrected chi connectivity index (χ0v) is 29.4. The molecule has 1 atom stereocenters. The molecule has 1 unspecified atom stereocenters. The first kappa shape index (κ1) is 30.6. The van der Waals surface area contributed by atoms with Crippen molar-refractivity contribution in [3.63, 3.8) is 0 Å². The lowest BCUT2D eigenvalue weighted by Crippen LogP contribution is -2.36. The van der Waals surface area contributed by atoms with Crippen LogP contribution in [0.4, 0.5) is 28.4 Å². The molecule has 11 rings (SSSR count). The minimum absolute atomic E-state index is 0.508. The zero-order valence-electron chi connectivity index (χ0n) is 29.4. The number of hydrogen-bond donors (Lipinski definition) is 2. The molecule has 6 heteroatoms. The molecular weight excluding hydrogens is 661 g/mol. The number of pyridine rings is 1. The van der Waals surface area contributed by atoms with Crippen LogP contribution in [0.2, 0.25) is 0 Å². The molecule has 2 N–H and O–H groups in total. The van der Waals surface area contributed by atoms with E-state index in [0.717, 1.165) is 91.4 Å². The summed E-state index contributed by atoms with van der Waals surface area (Å²) in [5, 5.41) is 12.1. The molecule has 256 valence electrons. The van der Waals surface area contributed by atoms with Crippen LogP contribution in [0, 0.1) is 0 Å². The van der Waals surface area contributed by atoms with Crippen LogP contribution in [0.15, 0.2) is 168 Å². The Morgan fingerprint density at radius 3 is 2.20 bits per heavy atom. The summed E-state index contributed by atoms with van der Waals surface area (Å²) in [5.74, 6) is 1.61. The third-order valence-corrected chi connectivity index (χ3v) is 10.8. The van der Waals surface area contributed by atoms with Crippen molar-refractivity contribution in [1.82, 2.24) is 10.3 Å².